The molecule has 3 nitrogen and oxygen atoms in total. The van der Waals surface area contributed by atoms with E-state index in [9.17, 15) is 3.89 Å². The second-order valence-electron chi connectivity index (χ2n) is 0.682. The lowest BCUT2D eigenvalue weighted by molar-refractivity contribution is 0.559. The van der Waals surface area contributed by atoms with Crippen molar-refractivity contribution >= 4 is 10.2 Å². The standard InChI is InChI=1S/CH3FO2S.H2O/c1-5(2,3)4;/h1H3;1H2. The average Bonchev–Trinajstić information content (AvgIpc) is 0.722. The van der Waals surface area contributed by atoms with Gasteiger partial charge < -0.3 is 5.48 Å². The Labute approximate surface area is 35.3 Å². The first kappa shape index (κ1) is 9.28. The molecule has 0 aliphatic rings. The first-order valence-corrected chi connectivity index (χ1v) is 2.69. The molecule has 0 aromatic carbocycles. The molecule has 0 spiro atoms. The maximum absolute atomic E-state index is 10.7. The topological polar surface area (TPSA) is 65.6 Å². The zero-order valence-corrected chi connectivity index (χ0v) is 3.92. The fourth-order valence-corrected chi connectivity index (χ4v) is 0. The van der Waals surface area contributed by atoms with E-state index in [-0.39, 0.29) is 5.48 Å². The molecule has 0 unspecified atom stereocenters. The van der Waals surface area contributed by atoms with Gasteiger partial charge in [-0.3, -0.25) is 0 Å². The van der Waals surface area contributed by atoms with Gasteiger partial charge in [0, 0.05) is 0 Å². The van der Waals surface area contributed by atoms with Crippen molar-refractivity contribution in [2.24, 2.45) is 0 Å². The van der Waals surface area contributed by atoms with E-state index in [1.54, 1.807) is 0 Å². The van der Waals surface area contributed by atoms with Gasteiger partial charge in [0.25, 0.3) is 10.2 Å². The Morgan fingerprint density at radius 1 is 1.50 bits per heavy atom. The maximum atomic E-state index is 10.7. The summed E-state index contributed by atoms with van der Waals surface area (Å²) in [7, 11) is -4.17. The Hall–Kier alpha value is -0.160. The van der Waals surface area contributed by atoms with Crippen molar-refractivity contribution in [1.82, 2.24) is 0 Å². The fraction of sp³-hybridized carbons (Fsp3) is 1.00. The fourth-order valence-electron chi connectivity index (χ4n) is 0. The van der Waals surface area contributed by atoms with E-state index in [0.717, 1.165) is 0 Å². The van der Waals surface area contributed by atoms with Gasteiger partial charge in [0.15, 0.2) is 0 Å². The Morgan fingerprint density at radius 3 is 1.50 bits per heavy atom. The predicted octanol–water partition coefficient (Wildman–Crippen LogP) is -0.909. The van der Waals surface area contributed by atoms with Crippen LogP contribution in [0.3, 0.4) is 0 Å². The molecule has 0 aromatic rings. The number of rotatable bonds is 0. The Balaban J connectivity index is 0. The third-order valence-corrected chi connectivity index (χ3v) is 0. The van der Waals surface area contributed by atoms with Crippen molar-refractivity contribution in [3.8, 4) is 0 Å². The SMILES string of the molecule is CS(=O)(=O)F.O. The van der Waals surface area contributed by atoms with Crippen molar-refractivity contribution in [2.45, 2.75) is 0 Å². The van der Waals surface area contributed by atoms with Crippen molar-refractivity contribution in [2.75, 3.05) is 6.26 Å². The predicted molar refractivity (Wildman–Crippen MR) is 19.6 cm³/mol. The van der Waals surface area contributed by atoms with Gasteiger partial charge in [0.1, 0.15) is 0 Å². The van der Waals surface area contributed by atoms with Gasteiger partial charge in [-0.15, -0.1) is 3.89 Å². The summed E-state index contributed by atoms with van der Waals surface area (Å²) < 4.78 is 28.6. The van der Waals surface area contributed by atoms with Crippen LogP contribution in [0.25, 0.3) is 0 Å². The molecular weight excluding hydrogens is 111 g/mol. The quantitative estimate of drug-likeness (QED) is 0.384. The molecule has 2 N–H and O–H groups in total. The van der Waals surface area contributed by atoms with E-state index >= 15 is 0 Å². The lowest BCUT2D eigenvalue weighted by atomic mass is 12.0. The summed E-state index contributed by atoms with van der Waals surface area (Å²) in [5, 5.41) is 0. The lowest BCUT2D eigenvalue weighted by Crippen LogP contribution is -1.78. The van der Waals surface area contributed by atoms with Crippen LogP contribution < -0.4 is 0 Å². The third kappa shape index (κ3) is 1210. The van der Waals surface area contributed by atoms with Gasteiger partial charge in [-0.1, -0.05) is 0 Å². The van der Waals surface area contributed by atoms with E-state index in [1.165, 1.54) is 0 Å². The summed E-state index contributed by atoms with van der Waals surface area (Å²) in [5.74, 6) is 0. The summed E-state index contributed by atoms with van der Waals surface area (Å²) in [5.41, 5.74) is 0. The van der Waals surface area contributed by atoms with Crippen LogP contribution >= 0.6 is 0 Å². The summed E-state index contributed by atoms with van der Waals surface area (Å²) in [6, 6.07) is 0. The highest BCUT2D eigenvalue weighted by Gasteiger charge is 1.86. The molecule has 0 heterocycles. The second-order valence-corrected chi connectivity index (χ2v) is 2.04. The van der Waals surface area contributed by atoms with Gasteiger partial charge in [-0.05, 0) is 0 Å². The lowest BCUT2D eigenvalue weighted by Gasteiger charge is -1.63. The Morgan fingerprint density at radius 2 is 1.50 bits per heavy atom. The summed E-state index contributed by atoms with van der Waals surface area (Å²) in [6.45, 7) is 0. The number of hydrogen-bond donors (Lipinski definition) is 0. The molecule has 0 amide bonds. The van der Waals surface area contributed by atoms with Crippen LogP contribution in [0.15, 0.2) is 0 Å². The molecule has 0 bridgehead atoms. The van der Waals surface area contributed by atoms with Gasteiger partial charge in [0.2, 0.25) is 0 Å². The number of halogens is 1. The van der Waals surface area contributed by atoms with Gasteiger partial charge in [-0.25, -0.2) is 0 Å². The van der Waals surface area contributed by atoms with Crippen LogP contribution in [0.4, 0.5) is 3.89 Å². The van der Waals surface area contributed by atoms with Crippen LogP contribution in [0.5, 0.6) is 0 Å². The van der Waals surface area contributed by atoms with Gasteiger partial charge in [0.05, 0.1) is 6.26 Å². The summed E-state index contributed by atoms with van der Waals surface area (Å²) in [4.78, 5) is 0. The van der Waals surface area contributed by atoms with E-state index in [2.05, 4.69) is 0 Å². The molecule has 0 aliphatic heterocycles. The average molecular weight is 116 g/mol. The first-order valence-electron chi connectivity index (χ1n) is 0.896. The maximum Gasteiger partial charge on any atom is 0.299 e. The largest absolute Gasteiger partial charge is 0.412 e. The molecule has 0 atom stereocenters. The normalized spacial score (nSPS) is 9.67. The van der Waals surface area contributed by atoms with Gasteiger partial charge >= 0.3 is 0 Å². The highest BCUT2D eigenvalue weighted by atomic mass is 32.3. The summed E-state index contributed by atoms with van der Waals surface area (Å²) >= 11 is 0. The zero-order valence-electron chi connectivity index (χ0n) is 3.10. The van der Waals surface area contributed by atoms with Crippen LogP contribution in [-0.4, -0.2) is 20.1 Å². The van der Waals surface area contributed by atoms with Crippen LogP contribution in [0.1, 0.15) is 0 Å². The smallest absolute Gasteiger partial charge is 0.299 e. The molecule has 40 valence electrons. The van der Waals surface area contributed by atoms with Crippen molar-refractivity contribution in [3.63, 3.8) is 0 Å². The third-order valence-electron chi connectivity index (χ3n) is 0. The zero-order chi connectivity index (χ0) is 4.50. The Kier molecular flexibility index (Phi) is 3.24. The second kappa shape index (κ2) is 2.09. The Bertz CT molecular complexity index is 94.0. The van der Waals surface area contributed by atoms with E-state index in [0.29, 0.717) is 6.26 Å². The summed E-state index contributed by atoms with van der Waals surface area (Å²) in [6.07, 6.45) is 0.493. The van der Waals surface area contributed by atoms with Gasteiger partial charge in [-0.2, -0.15) is 8.42 Å². The molecule has 6 heavy (non-hydrogen) atoms. The van der Waals surface area contributed by atoms with Crippen molar-refractivity contribution in [3.05, 3.63) is 0 Å². The van der Waals surface area contributed by atoms with Crippen LogP contribution in [-0.2, 0) is 10.2 Å². The van der Waals surface area contributed by atoms with Crippen LogP contribution in [0.2, 0.25) is 0 Å². The molecule has 0 aliphatic carbocycles. The van der Waals surface area contributed by atoms with E-state index in [4.69, 9.17) is 8.42 Å². The minimum atomic E-state index is -4.17. The molecule has 0 radical (unpaired) electrons. The number of hydrogen-bond acceptors (Lipinski definition) is 2. The minimum Gasteiger partial charge on any atom is -0.412 e. The molecule has 5 heteroatoms. The minimum absolute atomic E-state index is 0. The molecule has 0 saturated carbocycles. The van der Waals surface area contributed by atoms with E-state index < -0.39 is 10.2 Å². The highest BCUT2D eigenvalue weighted by Crippen LogP contribution is 1.75. The molecule has 0 rings (SSSR count). The highest BCUT2D eigenvalue weighted by molar-refractivity contribution is 7.85. The van der Waals surface area contributed by atoms with Crippen molar-refractivity contribution in [1.29, 1.82) is 0 Å². The van der Waals surface area contributed by atoms with E-state index in [1.807, 2.05) is 0 Å². The molecule has 0 aromatic heterocycles. The molecule has 0 fully saturated rings. The van der Waals surface area contributed by atoms with Crippen LogP contribution in [0, 0.1) is 0 Å². The molecule has 0 saturated heterocycles. The van der Waals surface area contributed by atoms with Crippen molar-refractivity contribution < 1.29 is 17.8 Å². The molecular formula is CH5FO3S. The first-order chi connectivity index (χ1) is 2.00. The monoisotopic (exact) mass is 116 g/mol.